The summed E-state index contributed by atoms with van der Waals surface area (Å²) in [5, 5.41) is 9.80. The minimum absolute atomic E-state index is 0.158. The Bertz CT molecular complexity index is 686. The summed E-state index contributed by atoms with van der Waals surface area (Å²) in [5.74, 6) is -0.143. The van der Waals surface area contributed by atoms with E-state index in [-0.39, 0.29) is 16.5 Å². The first-order valence-electron chi connectivity index (χ1n) is 5.56. The van der Waals surface area contributed by atoms with E-state index in [0.717, 1.165) is 0 Å². The number of carboxylic acid groups (broad SMARTS) is 1. The Morgan fingerprint density at radius 3 is 2.20 bits per heavy atom. The number of carbonyl (C=O) groups is 1. The number of rotatable bonds is 4. The normalized spacial score (nSPS) is 10.4. The van der Waals surface area contributed by atoms with E-state index in [9.17, 15) is 4.79 Å². The minimum Gasteiger partial charge on any atom is -0.496 e. The van der Waals surface area contributed by atoms with Crippen LogP contribution in [-0.2, 0) is 0 Å². The summed E-state index contributed by atoms with van der Waals surface area (Å²) in [5.41, 5.74) is 0.143. The molecule has 0 atom stereocenters. The SMILES string of the molecule is COc1cc(OC)c2nc(C(=O)O)cc(OC)c2c1Cl. The van der Waals surface area contributed by atoms with Crippen LogP contribution in [0.1, 0.15) is 10.5 Å². The fourth-order valence-corrected chi connectivity index (χ4v) is 2.18. The van der Waals surface area contributed by atoms with Crippen LogP contribution in [0.2, 0.25) is 5.02 Å². The third kappa shape index (κ3) is 2.18. The highest BCUT2D eigenvalue weighted by molar-refractivity contribution is 6.37. The van der Waals surface area contributed by atoms with Crippen molar-refractivity contribution < 1.29 is 24.1 Å². The molecule has 0 unspecified atom stereocenters. The zero-order valence-electron chi connectivity index (χ0n) is 11.1. The van der Waals surface area contributed by atoms with E-state index in [4.69, 9.17) is 30.9 Å². The van der Waals surface area contributed by atoms with Gasteiger partial charge in [-0.2, -0.15) is 0 Å². The third-order valence-corrected chi connectivity index (χ3v) is 3.17. The standard InChI is InChI=1S/C13H12ClNO5/c1-18-7-4-6(13(16)17)15-12-9(20-3)5-8(19-2)11(14)10(7)12/h4-5H,1-3H3,(H,16,17). The molecule has 20 heavy (non-hydrogen) atoms. The fraction of sp³-hybridized carbons (Fsp3) is 0.231. The van der Waals surface area contributed by atoms with Crippen molar-refractivity contribution in [3.05, 3.63) is 22.8 Å². The number of aromatic carboxylic acids is 1. The van der Waals surface area contributed by atoms with Crippen LogP contribution in [-0.4, -0.2) is 37.4 Å². The van der Waals surface area contributed by atoms with E-state index in [1.54, 1.807) is 6.07 Å². The van der Waals surface area contributed by atoms with Crippen molar-refractivity contribution in [2.75, 3.05) is 21.3 Å². The largest absolute Gasteiger partial charge is 0.496 e. The highest BCUT2D eigenvalue weighted by atomic mass is 35.5. The van der Waals surface area contributed by atoms with Crippen LogP contribution in [0.3, 0.4) is 0 Å². The van der Waals surface area contributed by atoms with E-state index in [1.807, 2.05) is 0 Å². The summed E-state index contributed by atoms with van der Waals surface area (Å²) in [4.78, 5) is 15.1. The lowest BCUT2D eigenvalue weighted by Gasteiger charge is -2.14. The van der Waals surface area contributed by atoms with Gasteiger partial charge >= 0.3 is 5.97 Å². The molecule has 0 fully saturated rings. The first-order valence-corrected chi connectivity index (χ1v) is 5.93. The highest BCUT2D eigenvalue weighted by Gasteiger charge is 2.20. The summed E-state index contributed by atoms with van der Waals surface area (Å²) in [7, 11) is 4.34. The van der Waals surface area contributed by atoms with Crippen molar-refractivity contribution in [3.8, 4) is 17.2 Å². The summed E-state index contributed by atoms with van der Waals surface area (Å²) >= 11 is 6.24. The number of fused-ring (bicyclic) bond motifs is 1. The molecule has 1 aromatic heterocycles. The van der Waals surface area contributed by atoms with Gasteiger partial charge in [0.2, 0.25) is 0 Å². The Kier molecular flexibility index (Phi) is 3.85. The summed E-state index contributed by atoms with van der Waals surface area (Å²) < 4.78 is 15.6. The van der Waals surface area contributed by atoms with Gasteiger partial charge in [-0.3, -0.25) is 0 Å². The van der Waals surface area contributed by atoms with E-state index in [2.05, 4.69) is 4.98 Å². The zero-order valence-corrected chi connectivity index (χ0v) is 11.8. The molecule has 0 spiro atoms. The van der Waals surface area contributed by atoms with Gasteiger partial charge in [0.15, 0.2) is 5.69 Å². The Labute approximate surface area is 119 Å². The van der Waals surface area contributed by atoms with E-state index in [1.165, 1.54) is 27.4 Å². The lowest BCUT2D eigenvalue weighted by molar-refractivity contribution is 0.0690. The van der Waals surface area contributed by atoms with Crippen LogP contribution in [0.25, 0.3) is 10.9 Å². The molecule has 0 amide bonds. The molecule has 0 saturated heterocycles. The van der Waals surface area contributed by atoms with E-state index < -0.39 is 5.97 Å². The molecule has 1 aromatic carbocycles. The first kappa shape index (κ1) is 14.2. The predicted octanol–water partition coefficient (Wildman–Crippen LogP) is 2.61. The molecule has 7 heteroatoms. The molecular weight excluding hydrogens is 286 g/mol. The molecule has 0 aliphatic heterocycles. The first-order chi connectivity index (χ1) is 9.53. The second-order valence-electron chi connectivity index (χ2n) is 3.83. The predicted molar refractivity (Wildman–Crippen MR) is 73.4 cm³/mol. The van der Waals surface area contributed by atoms with Crippen molar-refractivity contribution in [1.82, 2.24) is 4.98 Å². The molecule has 6 nitrogen and oxygen atoms in total. The van der Waals surface area contributed by atoms with Crippen LogP contribution in [0.15, 0.2) is 12.1 Å². The molecule has 1 heterocycles. The fourth-order valence-electron chi connectivity index (χ4n) is 1.86. The number of halogens is 1. The molecule has 0 bridgehead atoms. The number of carboxylic acids is 1. The van der Waals surface area contributed by atoms with Gasteiger partial charge in [0.05, 0.1) is 31.7 Å². The molecule has 0 radical (unpaired) electrons. The molecular formula is C13H12ClNO5. The lowest BCUT2D eigenvalue weighted by Crippen LogP contribution is -2.03. The van der Waals surface area contributed by atoms with Gasteiger partial charge in [0.1, 0.15) is 22.8 Å². The molecule has 2 aromatic rings. The van der Waals surface area contributed by atoms with Crippen molar-refractivity contribution in [2.24, 2.45) is 0 Å². The molecule has 0 saturated carbocycles. The molecule has 1 N–H and O–H groups in total. The molecule has 0 aliphatic carbocycles. The van der Waals surface area contributed by atoms with Crippen molar-refractivity contribution in [1.29, 1.82) is 0 Å². The van der Waals surface area contributed by atoms with Gasteiger partial charge in [0.25, 0.3) is 0 Å². The minimum atomic E-state index is -1.17. The zero-order chi connectivity index (χ0) is 14.9. The van der Waals surface area contributed by atoms with Crippen molar-refractivity contribution in [2.45, 2.75) is 0 Å². The third-order valence-electron chi connectivity index (χ3n) is 2.79. The molecule has 2 rings (SSSR count). The number of aromatic nitrogens is 1. The van der Waals surface area contributed by atoms with E-state index >= 15 is 0 Å². The highest BCUT2D eigenvalue weighted by Crippen LogP contribution is 2.42. The number of ether oxygens (including phenoxy) is 3. The van der Waals surface area contributed by atoms with Gasteiger partial charge in [0, 0.05) is 12.1 Å². The van der Waals surface area contributed by atoms with Gasteiger partial charge in [-0.15, -0.1) is 0 Å². The maximum atomic E-state index is 11.1. The van der Waals surface area contributed by atoms with Crippen LogP contribution in [0, 0.1) is 0 Å². The number of benzene rings is 1. The quantitative estimate of drug-likeness (QED) is 0.934. The van der Waals surface area contributed by atoms with Crippen LogP contribution in [0.5, 0.6) is 17.2 Å². The van der Waals surface area contributed by atoms with Gasteiger partial charge in [-0.1, -0.05) is 11.6 Å². The number of methoxy groups -OCH3 is 3. The monoisotopic (exact) mass is 297 g/mol. The van der Waals surface area contributed by atoms with Gasteiger partial charge in [-0.25, -0.2) is 9.78 Å². The second kappa shape index (κ2) is 5.42. The van der Waals surface area contributed by atoms with Crippen LogP contribution < -0.4 is 14.2 Å². The second-order valence-corrected chi connectivity index (χ2v) is 4.21. The Hall–Kier alpha value is -2.21. The average Bonchev–Trinajstić information content (AvgIpc) is 2.46. The van der Waals surface area contributed by atoms with Gasteiger partial charge < -0.3 is 19.3 Å². The summed E-state index contributed by atoms with van der Waals surface area (Å²) in [6.45, 7) is 0. The Balaban J connectivity index is 2.95. The van der Waals surface area contributed by atoms with Crippen LogP contribution in [0.4, 0.5) is 0 Å². The topological polar surface area (TPSA) is 77.9 Å². The number of pyridine rings is 1. The average molecular weight is 298 g/mol. The summed E-state index contributed by atoms with van der Waals surface area (Å²) in [6, 6.07) is 2.85. The molecule has 0 aliphatic rings. The van der Waals surface area contributed by atoms with Crippen LogP contribution >= 0.6 is 11.6 Å². The van der Waals surface area contributed by atoms with E-state index in [0.29, 0.717) is 22.4 Å². The Morgan fingerprint density at radius 1 is 1.10 bits per heavy atom. The number of hydrogen-bond acceptors (Lipinski definition) is 5. The van der Waals surface area contributed by atoms with Crippen molar-refractivity contribution >= 4 is 28.5 Å². The smallest absolute Gasteiger partial charge is 0.354 e. The number of hydrogen-bond donors (Lipinski definition) is 1. The lowest BCUT2D eigenvalue weighted by atomic mass is 10.1. The van der Waals surface area contributed by atoms with Crippen molar-refractivity contribution in [3.63, 3.8) is 0 Å². The molecule has 106 valence electrons. The maximum Gasteiger partial charge on any atom is 0.354 e. The summed E-state index contributed by atoms with van der Waals surface area (Å²) in [6.07, 6.45) is 0. The Morgan fingerprint density at radius 2 is 1.70 bits per heavy atom. The van der Waals surface area contributed by atoms with Gasteiger partial charge in [-0.05, 0) is 0 Å². The number of nitrogens with zero attached hydrogens (tertiary/aromatic N) is 1. The maximum absolute atomic E-state index is 11.1.